The van der Waals surface area contributed by atoms with E-state index in [0.717, 1.165) is 58.1 Å². The smallest absolute Gasteiger partial charge is 0.366 e. The minimum atomic E-state index is 0.0760. The largest absolute Gasteiger partial charge is 0.412 e. The fraction of sp³-hybridized carbons (Fsp3) is 0.0357. The molecule has 304 valence electrons. The number of rotatable bonds is 9. The molecule has 4 heterocycles. The maximum absolute atomic E-state index is 2.50. The summed E-state index contributed by atoms with van der Waals surface area (Å²) >= 11 is 0. The molecule has 0 spiro atoms. The quantitative estimate of drug-likeness (QED) is 0.134. The van der Waals surface area contributed by atoms with Gasteiger partial charge in [-0.05, 0) is 152 Å². The highest BCUT2D eigenvalue weighted by Crippen LogP contribution is 2.49. The van der Waals surface area contributed by atoms with Crippen LogP contribution in [-0.4, -0.2) is 14.0 Å². The molecule has 0 bridgehead atoms. The number of anilines is 11. The van der Waals surface area contributed by atoms with Crippen molar-refractivity contribution >= 4 is 76.5 Å². The van der Waals surface area contributed by atoms with Gasteiger partial charge in [-0.25, -0.2) is 0 Å². The van der Waals surface area contributed by atoms with Crippen LogP contribution < -0.4 is 29.0 Å². The Morgan fingerprint density at radius 1 is 0.391 bits per heavy atom. The number of fused-ring (bicyclic) bond motifs is 6. The number of hydrogen-bond acceptors (Lipinski definition) is 6. The van der Waals surface area contributed by atoms with E-state index in [-0.39, 0.29) is 14.0 Å². The molecule has 0 radical (unpaired) electrons. The number of hydrogen-bond donors (Lipinski definition) is 0. The summed E-state index contributed by atoms with van der Waals surface area (Å²) in [5, 5.41) is 0. The molecular formula is C56H44B2N6. The molecule has 4 aliphatic heterocycles. The zero-order valence-corrected chi connectivity index (χ0v) is 35.3. The first-order valence-electron chi connectivity index (χ1n) is 22.2. The van der Waals surface area contributed by atoms with E-state index in [4.69, 9.17) is 0 Å². The van der Waals surface area contributed by atoms with Crippen molar-refractivity contribution in [3.05, 3.63) is 249 Å². The Labute approximate surface area is 376 Å². The van der Waals surface area contributed by atoms with Gasteiger partial charge in [0, 0.05) is 45.5 Å². The lowest BCUT2D eigenvalue weighted by atomic mass is 9.71. The Kier molecular flexibility index (Phi) is 9.41. The summed E-state index contributed by atoms with van der Waals surface area (Å²) in [5.74, 6) is 4.56. The summed E-state index contributed by atoms with van der Waals surface area (Å²) in [6.07, 6.45) is 21.8. The van der Waals surface area contributed by atoms with Crippen molar-refractivity contribution in [1.29, 1.82) is 0 Å². The van der Waals surface area contributed by atoms with Gasteiger partial charge in [-0.15, -0.1) is 0 Å². The number of nitrogens with zero attached hydrogens (tertiary/aromatic N) is 6. The minimum absolute atomic E-state index is 0.0760. The molecule has 7 aromatic rings. The maximum Gasteiger partial charge on any atom is 0.412 e. The van der Waals surface area contributed by atoms with E-state index in [9.17, 15) is 0 Å². The average molecular weight is 823 g/mol. The van der Waals surface area contributed by atoms with Crippen LogP contribution in [0.5, 0.6) is 0 Å². The normalized spacial score (nSPS) is 15.3. The summed E-state index contributed by atoms with van der Waals surface area (Å²) in [5.41, 5.74) is 16.3. The lowest BCUT2D eigenvalue weighted by molar-refractivity contribution is 0.937. The van der Waals surface area contributed by atoms with Crippen LogP contribution in [0.15, 0.2) is 249 Å². The van der Waals surface area contributed by atoms with E-state index in [1.165, 1.54) is 34.1 Å². The van der Waals surface area contributed by atoms with Crippen molar-refractivity contribution < 1.29 is 0 Å². The van der Waals surface area contributed by atoms with Crippen LogP contribution in [0.4, 0.5) is 62.6 Å². The molecule has 64 heavy (non-hydrogen) atoms. The molecule has 0 saturated carbocycles. The third-order valence-electron chi connectivity index (χ3n) is 12.8. The van der Waals surface area contributed by atoms with Crippen LogP contribution in [0.3, 0.4) is 0 Å². The molecule has 6 nitrogen and oxygen atoms in total. The van der Waals surface area contributed by atoms with E-state index in [0.29, 0.717) is 0 Å². The van der Waals surface area contributed by atoms with Gasteiger partial charge in [-0.3, -0.25) is 0 Å². The van der Waals surface area contributed by atoms with Gasteiger partial charge in [0.05, 0.1) is 22.7 Å². The van der Waals surface area contributed by atoms with Crippen LogP contribution >= 0.6 is 0 Å². The summed E-state index contributed by atoms with van der Waals surface area (Å²) in [4.78, 5) is 14.4. The van der Waals surface area contributed by atoms with Gasteiger partial charge in [0.1, 0.15) is 0 Å². The molecule has 12 rings (SSSR count). The minimum Gasteiger partial charge on any atom is -0.366 e. The van der Waals surface area contributed by atoms with Gasteiger partial charge in [-0.1, -0.05) is 115 Å². The zero-order chi connectivity index (χ0) is 42.4. The topological polar surface area (TPSA) is 19.4 Å². The third-order valence-corrected chi connectivity index (χ3v) is 12.8. The third kappa shape index (κ3) is 6.54. The summed E-state index contributed by atoms with van der Waals surface area (Å²) in [6.45, 7) is 0.201. The van der Waals surface area contributed by atoms with E-state index in [2.05, 4.69) is 272 Å². The molecule has 8 heteroatoms. The van der Waals surface area contributed by atoms with Crippen molar-refractivity contribution in [1.82, 2.24) is 0 Å². The van der Waals surface area contributed by atoms with Crippen LogP contribution in [-0.2, 0) is 0 Å². The first kappa shape index (κ1) is 37.7. The van der Waals surface area contributed by atoms with Crippen molar-refractivity contribution in [2.75, 3.05) is 29.0 Å². The fourth-order valence-corrected chi connectivity index (χ4v) is 9.90. The van der Waals surface area contributed by atoms with Crippen molar-refractivity contribution in [2.45, 2.75) is 12.8 Å². The van der Waals surface area contributed by atoms with Crippen LogP contribution in [0, 0.1) is 0 Å². The lowest BCUT2D eigenvalue weighted by Crippen LogP contribution is -2.45. The Morgan fingerprint density at radius 3 is 1.34 bits per heavy atom. The SMILES string of the molecule is C1=CCCC(N2B3C=CC=CN3c3cc(N(c4ccccc4)c4ccc(-c5ccc(N(c6ccccc6)c6ccc7c(c6)N6C=CC=CB6N7c6ccccc6)cc5)cc4)ccc32)=C1. The van der Waals surface area contributed by atoms with Gasteiger partial charge in [0.25, 0.3) is 0 Å². The molecule has 0 atom stereocenters. The van der Waals surface area contributed by atoms with Gasteiger partial charge in [-0.2, -0.15) is 0 Å². The van der Waals surface area contributed by atoms with Crippen molar-refractivity contribution in [3.63, 3.8) is 0 Å². The highest BCUT2D eigenvalue weighted by atomic mass is 15.3. The molecular weight excluding hydrogens is 778 g/mol. The second-order valence-electron chi connectivity index (χ2n) is 16.6. The summed E-state index contributed by atoms with van der Waals surface area (Å²) < 4.78 is 0. The first-order chi connectivity index (χ1) is 31.8. The number of benzene rings is 7. The molecule has 7 aromatic carbocycles. The summed E-state index contributed by atoms with van der Waals surface area (Å²) in [6, 6.07) is 63.8. The molecule has 0 unspecified atom stereocenters. The predicted molar refractivity (Wildman–Crippen MR) is 272 cm³/mol. The molecule has 0 fully saturated rings. The Balaban J connectivity index is 0.864. The van der Waals surface area contributed by atoms with Gasteiger partial charge < -0.3 is 29.0 Å². The molecule has 5 aliphatic rings. The lowest BCUT2D eigenvalue weighted by Gasteiger charge is -2.29. The Bertz CT molecular complexity index is 3030. The van der Waals surface area contributed by atoms with Crippen LogP contribution in [0.25, 0.3) is 11.1 Å². The first-order valence-corrected chi connectivity index (χ1v) is 22.2. The molecule has 0 amide bonds. The van der Waals surface area contributed by atoms with Crippen LogP contribution in [0.2, 0.25) is 0 Å². The highest BCUT2D eigenvalue weighted by molar-refractivity contribution is 6.77. The fourth-order valence-electron chi connectivity index (χ4n) is 9.90. The van der Waals surface area contributed by atoms with E-state index in [1.807, 2.05) is 0 Å². The number of para-hydroxylation sites is 3. The highest BCUT2D eigenvalue weighted by Gasteiger charge is 2.42. The molecule has 1 aliphatic carbocycles. The van der Waals surface area contributed by atoms with Gasteiger partial charge >= 0.3 is 14.0 Å². The van der Waals surface area contributed by atoms with E-state index in [1.54, 1.807) is 0 Å². The Morgan fingerprint density at radius 2 is 0.844 bits per heavy atom. The van der Waals surface area contributed by atoms with Gasteiger partial charge in [0.2, 0.25) is 0 Å². The maximum atomic E-state index is 2.50. The molecule has 0 N–H and O–H groups in total. The van der Waals surface area contributed by atoms with Crippen molar-refractivity contribution in [2.24, 2.45) is 0 Å². The Hall–Kier alpha value is -8.09. The average Bonchev–Trinajstić information content (AvgIpc) is 3.88. The standard InChI is InChI=1S/C56H44B2N6/c1-5-17-45(18-6-1)61(51-33-35-53-55(41-51)59-39-15-13-37-57(59)63(53)49-21-9-3-10-22-49)47-29-25-43(26-30-47)44-27-31-48(32-28-44)62(46-19-7-2-8-20-46)52-34-36-54-56(42-52)60-40-16-14-38-58(60)64(54)50-23-11-4-12-24-50/h1-11,13-23,25-42H,12,24H2. The predicted octanol–water partition coefficient (Wildman–Crippen LogP) is 14.3. The van der Waals surface area contributed by atoms with Gasteiger partial charge in [0.15, 0.2) is 0 Å². The second kappa shape index (κ2) is 16.0. The van der Waals surface area contributed by atoms with Crippen LogP contribution in [0.1, 0.15) is 12.8 Å². The number of allylic oxidation sites excluding steroid dienone is 8. The summed E-state index contributed by atoms with van der Waals surface area (Å²) in [7, 11) is 0. The van der Waals surface area contributed by atoms with Crippen molar-refractivity contribution in [3.8, 4) is 11.1 Å². The van der Waals surface area contributed by atoms with E-state index >= 15 is 0 Å². The van der Waals surface area contributed by atoms with E-state index < -0.39 is 0 Å². The molecule has 0 saturated heterocycles. The monoisotopic (exact) mass is 822 g/mol. The second-order valence-corrected chi connectivity index (χ2v) is 16.6. The molecule has 0 aromatic heterocycles. The zero-order valence-electron chi connectivity index (χ0n) is 35.3.